The molecule has 0 aliphatic heterocycles. The van der Waals surface area contributed by atoms with E-state index in [4.69, 9.17) is 10.7 Å². The van der Waals surface area contributed by atoms with Crippen LogP contribution in [-0.4, -0.2) is 21.9 Å². The lowest BCUT2D eigenvalue weighted by Gasteiger charge is -2.16. The number of aryl methyl sites for hydroxylation is 2. The van der Waals surface area contributed by atoms with E-state index in [1.165, 1.54) is 41.8 Å². The molecule has 0 saturated carbocycles. The normalized spacial score (nSPS) is 14.6. The van der Waals surface area contributed by atoms with Crippen molar-refractivity contribution in [1.82, 2.24) is 14.9 Å². The molecule has 4 rings (SSSR count). The number of nitrogen functional groups attached to an aromatic ring is 1. The van der Waals surface area contributed by atoms with Crippen molar-refractivity contribution in [3.8, 4) is 0 Å². The van der Waals surface area contributed by atoms with Crippen molar-refractivity contribution in [2.45, 2.75) is 45.2 Å². The fourth-order valence-electron chi connectivity index (χ4n) is 3.68. The molecule has 0 bridgehead atoms. The van der Waals surface area contributed by atoms with Crippen LogP contribution in [0.15, 0.2) is 24.3 Å². The lowest BCUT2D eigenvalue weighted by atomic mass is 10.1. The van der Waals surface area contributed by atoms with Gasteiger partial charge in [-0.1, -0.05) is 18.6 Å². The van der Waals surface area contributed by atoms with Crippen LogP contribution < -0.4 is 5.73 Å². The molecule has 3 aromatic rings. The summed E-state index contributed by atoms with van der Waals surface area (Å²) in [4.78, 5) is 14.0. The number of benzene rings is 1. The zero-order chi connectivity index (χ0) is 18.1. The molecule has 136 valence electrons. The molecule has 1 aromatic carbocycles. The molecule has 1 aliphatic carbocycles. The maximum atomic E-state index is 13.0. The molecule has 0 amide bonds. The van der Waals surface area contributed by atoms with Crippen LogP contribution in [0.4, 0.5) is 10.2 Å². The molecule has 2 aromatic heterocycles. The summed E-state index contributed by atoms with van der Waals surface area (Å²) in [6.07, 6.45) is 5.99. The van der Waals surface area contributed by atoms with Crippen LogP contribution in [0.3, 0.4) is 0 Å². The molecule has 0 spiro atoms. The monoisotopic (exact) mass is 370 g/mol. The van der Waals surface area contributed by atoms with Crippen molar-refractivity contribution in [3.63, 3.8) is 0 Å². The van der Waals surface area contributed by atoms with E-state index in [2.05, 4.69) is 9.88 Å². The fourth-order valence-corrected chi connectivity index (χ4v) is 4.97. The van der Waals surface area contributed by atoms with Crippen molar-refractivity contribution in [2.24, 2.45) is 0 Å². The van der Waals surface area contributed by atoms with Crippen molar-refractivity contribution in [2.75, 3.05) is 12.8 Å². The highest BCUT2D eigenvalue weighted by Crippen LogP contribution is 2.37. The van der Waals surface area contributed by atoms with Gasteiger partial charge in [-0.2, -0.15) is 0 Å². The van der Waals surface area contributed by atoms with Crippen LogP contribution in [0.1, 0.15) is 41.1 Å². The quantitative estimate of drug-likeness (QED) is 0.695. The van der Waals surface area contributed by atoms with E-state index in [9.17, 15) is 4.39 Å². The Bertz CT molecular complexity index is 920. The van der Waals surface area contributed by atoms with Gasteiger partial charge in [-0.3, -0.25) is 4.90 Å². The molecule has 2 N–H and O–H groups in total. The van der Waals surface area contributed by atoms with E-state index in [-0.39, 0.29) is 5.82 Å². The van der Waals surface area contributed by atoms with E-state index in [1.54, 1.807) is 23.5 Å². The van der Waals surface area contributed by atoms with Gasteiger partial charge in [-0.05, 0) is 56.0 Å². The molecule has 26 heavy (non-hydrogen) atoms. The molecule has 0 unspecified atom stereocenters. The van der Waals surface area contributed by atoms with Crippen LogP contribution in [0, 0.1) is 5.82 Å². The maximum absolute atomic E-state index is 13.0. The summed E-state index contributed by atoms with van der Waals surface area (Å²) in [5, 5.41) is 1.08. The number of anilines is 1. The number of thiophene rings is 1. The lowest BCUT2D eigenvalue weighted by Crippen LogP contribution is -2.19. The summed E-state index contributed by atoms with van der Waals surface area (Å²) < 4.78 is 13.0. The molecule has 6 heteroatoms. The van der Waals surface area contributed by atoms with Crippen LogP contribution in [0.25, 0.3) is 10.2 Å². The fraction of sp³-hybridized carbons (Fsp3) is 0.400. The molecule has 0 radical (unpaired) electrons. The molecule has 0 atom stereocenters. The Morgan fingerprint density at radius 1 is 1.08 bits per heavy atom. The van der Waals surface area contributed by atoms with Gasteiger partial charge in [0.15, 0.2) is 0 Å². The Hall–Kier alpha value is -2.05. The topological polar surface area (TPSA) is 55.0 Å². The number of aromatic nitrogens is 2. The average molecular weight is 370 g/mol. The van der Waals surface area contributed by atoms with Gasteiger partial charge in [0.05, 0.1) is 11.9 Å². The number of halogens is 1. The Balaban J connectivity index is 1.56. The number of fused-ring (bicyclic) bond motifs is 3. The first kappa shape index (κ1) is 17.4. The Kier molecular flexibility index (Phi) is 4.87. The van der Waals surface area contributed by atoms with E-state index in [1.807, 2.05) is 7.05 Å². The van der Waals surface area contributed by atoms with E-state index in [0.717, 1.165) is 34.4 Å². The number of hydrogen-bond donors (Lipinski definition) is 1. The summed E-state index contributed by atoms with van der Waals surface area (Å²) >= 11 is 1.78. The second-order valence-electron chi connectivity index (χ2n) is 7.07. The molecule has 2 heterocycles. The van der Waals surface area contributed by atoms with E-state index in [0.29, 0.717) is 18.9 Å². The minimum atomic E-state index is -0.213. The summed E-state index contributed by atoms with van der Waals surface area (Å²) in [6.45, 7) is 1.32. The molecule has 4 nitrogen and oxygen atoms in total. The van der Waals surface area contributed by atoms with Gasteiger partial charge in [0.2, 0.25) is 0 Å². The second-order valence-corrected chi connectivity index (χ2v) is 8.15. The third-order valence-corrected chi connectivity index (χ3v) is 6.10. The summed E-state index contributed by atoms with van der Waals surface area (Å²) in [7, 11) is 2.01. The highest BCUT2D eigenvalue weighted by molar-refractivity contribution is 7.19. The van der Waals surface area contributed by atoms with Crippen LogP contribution in [0.2, 0.25) is 0 Å². The smallest absolute Gasteiger partial charge is 0.146 e. The zero-order valence-corrected chi connectivity index (χ0v) is 15.8. The Labute approximate surface area is 156 Å². The molecule has 0 saturated heterocycles. The van der Waals surface area contributed by atoms with Gasteiger partial charge in [-0.25, -0.2) is 14.4 Å². The van der Waals surface area contributed by atoms with E-state index >= 15 is 0 Å². The van der Waals surface area contributed by atoms with Gasteiger partial charge >= 0.3 is 0 Å². The third-order valence-electron chi connectivity index (χ3n) is 4.92. The second kappa shape index (κ2) is 7.29. The number of nitrogens with zero attached hydrogens (tertiary/aromatic N) is 3. The van der Waals surface area contributed by atoms with Crippen LogP contribution in [0.5, 0.6) is 0 Å². The third kappa shape index (κ3) is 3.57. The largest absolute Gasteiger partial charge is 0.383 e. The maximum Gasteiger partial charge on any atom is 0.146 e. The average Bonchev–Trinajstić information content (AvgIpc) is 2.79. The first-order valence-corrected chi connectivity index (χ1v) is 9.91. The van der Waals surface area contributed by atoms with Crippen molar-refractivity contribution < 1.29 is 4.39 Å². The first-order chi connectivity index (χ1) is 12.6. The number of hydrogen-bond acceptors (Lipinski definition) is 5. The highest BCUT2D eigenvalue weighted by Gasteiger charge is 2.19. The van der Waals surface area contributed by atoms with Crippen molar-refractivity contribution in [1.29, 1.82) is 0 Å². The molecule has 1 aliphatic rings. The number of rotatable bonds is 4. The predicted molar refractivity (Wildman–Crippen MR) is 105 cm³/mol. The first-order valence-electron chi connectivity index (χ1n) is 9.10. The molecule has 0 fully saturated rings. The van der Waals surface area contributed by atoms with Crippen molar-refractivity contribution in [3.05, 3.63) is 51.9 Å². The van der Waals surface area contributed by atoms with Crippen LogP contribution >= 0.6 is 11.3 Å². The Morgan fingerprint density at radius 3 is 2.65 bits per heavy atom. The van der Waals surface area contributed by atoms with Gasteiger partial charge in [0.25, 0.3) is 0 Å². The molecular formula is C20H23FN4S. The standard InChI is InChI=1S/C20H23FN4S/c1-25(11-13-7-9-14(21)10-8-13)12-17-23-19(22)18-15-5-3-2-4-6-16(15)26-20(18)24-17/h7-10H,2-6,11-12H2,1H3,(H2,22,23,24). The minimum Gasteiger partial charge on any atom is -0.383 e. The summed E-state index contributed by atoms with van der Waals surface area (Å²) in [5.74, 6) is 1.14. The van der Waals surface area contributed by atoms with Gasteiger partial charge in [0.1, 0.15) is 22.3 Å². The summed E-state index contributed by atoms with van der Waals surface area (Å²) in [5.41, 5.74) is 8.76. The number of nitrogens with two attached hydrogens (primary N) is 1. The van der Waals surface area contributed by atoms with E-state index < -0.39 is 0 Å². The highest BCUT2D eigenvalue weighted by atomic mass is 32.1. The lowest BCUT2D eigenvalue weighted by molar-refractivity contribution is 0.311. The van der Waals surface area contributed by atoms with Crippen molar-refractivity contribution >= 4 is 27.4 Å². The van der Waals surface area contributed by atoms with Gasteiger partial charge in [0, 0.05) is 11.4 Å². The van der Waals surface area contributed by atoms with Gasteiger partial charge in [-0.15, -0.1) is 11.3 Å². The molecular weight excluding hydrogens is 347 g/mol. The SMILES string of the molecule is CN(Cc1ccc(F)cc1)Cc1nc(N)c2c3c(sc2n1)CCCCC3. The zero-order valence-electron chi connectivity index (χ0n) is 15.0. The minimum absolute atomic E-state index is 0.213. The predicted octanol–water partition coefficient (Wildman–Crippen LogP) is 4.31. The van der Waals surface area contributed by atoms with Crippen LogP contribution in [-0.2, 0) is 25.9 Å². The van der Waals surface area contributed by atoms with Gasteiger partial charge < -0.3 is 5.73 Å². The summed E-state index contributed by atoms with van der Waals surface area (Å²) in [6, 6.07) is 6.59. The Morgan fingerprint density at radius 2 is 1.85 bits per heavy atom.